The number of amides is 2. The molecule has 0 spiro atoms. The van der Waals surface area contributed by atoms with Gasteiger partial charge in [0.2, 0.25) is 6.79 Å². The SMILES string of the molecule is CC(C)(CC/C=C/C(=O)NO)[C@H](OC(=O)Nc1ccc2c(c1)OCO2)c1cc(I)ccc1O. The lowest BCUT2D eigenvalue weighted by atomic mass is 9.78. The predicted octanol–water partition coefficient (Wildman–Crippen LogP) is 4.88. The maximum atomic E-state index is 12.8. The first kappa shape index (κ1) is 24.6. The number of hydrogen-bond donors (Lipinski definition) is 4. The van der Waals surface area contributed by atoms with Gasteiger partial charge in [-0.15, -0.1) is 0 Å². The van der Waals surface area contributed by atoms with Gasteiger partial charge in [-0.05, 0) is 65.8 Å². The van der Waals surface area contributed by atoms with Gasteiger partial charge < -0.3 is 19.3 Å². The molecule has 3 rings (SSSR count). The largest absolute Gasteiger partial charge is 0.508 e. The summed E-state index contributed by atoms with van der Waals surface area (Å²) >= 11 is 2.13. The van der Waals surface area contributed by atoms with E-state index in [1.807, 2.05) is 13.8 Å². The first-order valence-electron chi connectivity index (χ1n) is 10.2. The fourth-order valence-electron chi connectivity index (χ4n) is 3.42. The molecule has 0 aromatic heterocycles. The molecule has 1 atom stereocenters. The van der Waals surface area contributed by atoms with Crippen molar-refractivity contribution in [3.8, 4) is 17.2 Å². The van der Waals surface area contributed by atoms with Crippen LogP contribution in [0.5, 0.6) is 17.2 Å². The summed E-state index contributed by atoms with van der Waals surface area (Å²) in [6.45, 7) is 3.94. The molecule has 0 fully saturated rings. The Bertz CT molecular complexity index is 1060. The number of hydrogen-bond acceptors (Lipinski definition) is 7. The molecule has 0 unspecified atom stereocenters. The van der Waals surface area contributed by atoms with Crippen LogP contribution in [0.15, 0.2) is 48.6 Å². The van der Waals surface area contributed by atoms with Gasteiger partial charge in [-0.3, -0.25) is 15.3 Å². The predicted molar refractivity (Wildman–Crippen MR) is 128 cm³/mol. The van der Waals surface area contributed by atoms with E-state index in [0.29, 0.717) is 35.6 Å². The van der Waals surface area contributed by atoms with Gasteiger partial charge >= 0.3 is 6.09 Å². The standard InChI is InChI=1S/C23H25IN2O7/c1-23(2,10-4-3-5-20(28)26-30)21(16-11-14(24)6-8-17(16)27)33-22(29)25-15-7-9-18-19(12-15)32-13-31-18/h3,5-9,11-12,21,27,30H,4,10,13H2,1-2H3,(H,25,29)(H,26,28)/b5-3+/t21-/m1/s1. The van der Waals surface area contributed by atoms with Crippen molar-refractivity contribution in [3.63, 3.8) is 0 Å². The van der Waals surface area contributed by atoms with Gasteiger partial charge in [0.25, 0.3) is 5.91 Å². The van der Waals surface area contributed by atoms with Crippen molar-refractivity contribution >= 4 is 40.3 Å². The molecule has 9 nitrogen and oxygen atoms in total. The molecular formula is C23H25IN2O7. The van der Waals surface area contributed by atoms with E-state index in [1.165, 1.54) is 11.6 Å². The molecule has 0 aliphatic carbocycles. The topological polar surface area (TPSA) is 126 Å². The van der Waals surface area contributed by atoms with Crippen molar-refractivity contribution in [2.75, 3.05) is 12.1 Å². The summed E-state index contributed by atoms with van der Waals surface area (Å²) in [6.07, 6.45) is 2.36. The molecule has 1 aliphatic heterocycles. The van der Waals surface area contributed by atoms with Crippen LogP contribution in [0.3, 0.4) is 0 Å². The Labute approximate surface area is 204 Å². The average molecular weight is 568 g/mol. The number of aromatic hydroxyl groups is 1. The highest BCUT2D eigenvalue weighted by Gasteiger charge is 2.35. The zero-order chi connectivity index (χ0) is 24.0. The summed E-state index contributed by atoms with van der Waals surface area (Å²) in [5.41, 5.74) is 1.87. The molecule has 2 amide bonds. The quantitative estimate of drug-likeness (QED) is 0.155. The summed E-state index contributed by atoms with van der Waals surface area (Å²) in [4.78, 5) is 24.0. The second-order valence-corrected chi connectivity index (χ2v) is 9.33. The summed E-state index contributed by atoms with van der Waals surface area (Å²) in [7, 11) is 0. The van der Waals surface area contributed by atoms with Crippen molar-refractivity contribution < 1.29 is 34.1 Å². The first-order valence-corrected chi connectivity index (χ1v) is 11.2. The normalized spacial score (nSPS) is 13.6. The second kappa shape index (κ2) is 10.8. The number of anilines is 1. The average Bonchev–Trinajstić information content (AvgIpc) is 3.24. The number of carbonyl (C=O) groups is 2. The molecule has 4 N–H and O–H groups in total. The fraction of sp³-hybridized carbons (Fsp3) is 0.304. The zero-order valence-electron chi connectivity index (χ0n) is 18.1. The minimum Gasteiger partial charge on any atom is -0.508 e. The Kier molecular flexibility index (Phi) is 8.03. The van der Waals surface area contributed by atoms with Crippen LogP contribution in [0.25, 0.3) is 0 Å². The minimum absolute atomic E-state index is 0.0135. The van der Waals surface area contributed by atoms with Gasteiger partial charge in [0.15, 0.2) is 11.5 Å². The molecule has 176 valence electrons. The van der Waals surface area contributed by atoms with Crippen LogP contribution in [-0.4, -0.2) is 29.1 Å². The Morgan fingerprint density at radius 3 is 2.73 bits per heavy atom. The monoisotopic (exact) mass is 568 g/mol. The third-order valence-electron chi connectivity index (χ3n) is 5.16. The van der Waals surface area contributed by atoms with Crippen molar-refractivity contribution in [2.24, 2.45) is 5.41 Å². The fourth-order valence-corrected chi connectivity index (χ4v) is 3.94. The van der Waals surface area contributed by atoms with Crippen LogP contribution in [0.1, 0.15) is 38.4 Å². The van der Waals surface area contributed by atoms with E-state index in [-0.39, 0.29) is 12.5 Å². The molecular weight excluding hydrogens is 543 g/mol. The molecule has 2 aromatic carbocycles. The number of fused-ring (bicyclic) bond motifs is 1. The van der Waals surface area contributed by atoms with E-state index in [1.54, 1.807) is 42.5 Å². The smallest absolute Gasteiger partial charge is 0.412 e. The van der Waals surface area contributed by atoms with Crippen molar-refractivity contribution in [1.82, 2.24) is 5.48 Å². The van der Waals surface area contributed by atoms with Crippen molar-refractivity contribution in [3.05, 3.63) is 57.7 Å². The van der Waals surface area contributed by atoms with E-state index in [4.69, 9.17) is 19.4 Å². The van der Waals surface area contributed by atoms with Gasteiger partial charge in [0.1, 0.15) is 11.9 Å². The number of carbonyl (C=O) groups excluding carboxylic acids is 2. The number of rotatable bonds is 8. The van der Waals surface area contributed by atoms with E-state index in [0.717, 1.165) is 3.57 Å². The number of allylic oxidation sites excluding steroid dienone is 1. The molecule has 0 saturated heterocycles. The van der Waals surface area contributed by atoms with Gasteiger partial charge in [-0.2, -0.15) is 0 Å². The maximum absolute atomic E-state index is 12.8. The molecule has 1 heterocycles. The molecule has 10 heteroatoms. The summed E-state index contributed by atoms with van der Waals surface area (Å²) in [5.74, 6) is 0.511. The lowest BCUT2D eigenvalue weighted by Gasteiger charge is -2.34. The Balaban J connectivity index is 1.79. The number of phenolic OH excluding ortho intramolecular Hbond substituents is 1. The van der Waals surface area contributed by atoms with Gasteiger partial charge in [-0.1, -0.05) is 19.9 Å². The third-order valence-corrected chi connectivity index (χ3v) is 5.83. The number of ether oxygens (including phenoxy) is 3. The Hall–Kier alpha value is -2.99. The van der Waals surface area contributed by atoms with Crippen LogP contribution < -0.4 is 20.3 Å². The zero-order valence-corrected chi connectivity index (χ0v) is 20.3. The highest BCUT2D eigenvalue weighted by Crippen LogP contribution is 2.44. The van der Waals surface area contributed by atoms with Crippen LogP contribution in [0.4, 0.5) is 10.5 Å². The van der Waals surface area contributed by atoms with E-state index >= 15 is 0 Å². The first-order chi connectivity index (χ1) is 15.7. The minimum atomic E-state index is -0.790. The van der Waals surface area contributed by atoms with E-state index in [2.05, 4.69) is 27.9 Å². The lowest BCUT2D eigenvalue weighted by Crippen LogP contribution is -2.29. The van der Waals surface area contributed by atoms with Crippen molar-refractivity contribution in [2.45, 2.75) is 32.8 Å². The highest BCUT2D eigenvalue weighted by molar-refractivity contribution is 14.1. The van der Waals surface area contributed by atoms with Crippen LogP contribution in [-0.2, 0) is 9.53 Å². The van der Waals surface area contributed by atoms with Crippen LogP contribution in [0.2, 0.25) is 0 Å². The summed E-state index contributed by atoms with van der Waals surface area (Å²) < 4.78 is 17.3. The molecule has 33 heavy (non-hydrogen) atoms. The van der Waals surface area contributed by atoms with Crippen LogP contribution >= 0.6 is 22.6 Å². The number of hydroxylamine groups is 1. The Morgan fingerprint density at radius 1 is 1.21 bits per heavy atom. The number of nitrogens with one attached hydrogen (secondary N) is 2. The van der Waals surface area contributed by atoms with Crippen LogP contribution in [0, 0.1) is 8.99 Å². The highest BCUT2D eigenvalue weighted by atomic mass is 127. The lowest BCUT2D eigenvalue weighted by molar-refractivity contribution is -0.124. The molecule has 1 aliphatic rings. The van der Waals surface area contributed by atoms with Gasteiger partial charge in [0.05, 0.1) is 0 Å². The second-order valence-electron chi connectivity index (χ2n) is 8.09. The number of phenols is 1. The van der Waals surface area contributed by atoms with Crippen molar-refractivity contribution in [1.29, 1.82) is 0 Å². The number of halogens is 1. The van der Waals surface area contributed by atoms with E-state index < -0.39 is 23.5 Å². The number of benzene rings is 2. The molecule has 0 bridgehead atoms. The summed E-state index contributed by atoms with van der Waals surface area (Å²) in [5, 5.41) is 21.8. The van der Waals surface area contributed by atoms with Gasteiger partial charge in [0, 0.05) is 32.4 Å². The molecule has 2 aromatic rings. The Morgan fingerprint density at radius 2 is 1.97 bits per heavy atom. The van der Waals surface area contributed by atoms with Gasteiger partial charge in [-0.25, -0.2) is 10.3 Å². The third kappa shape index (κ3) is 6.51. The molecule has 0 saturated carbocycles. The molecule has 0 radical (unpaired) electrons. The maximum Gasteiger partial charge on any atom is 0.412 e. The summed E-state index contributed by atoms with van der Waals surface area (Å²) in [6, 6.07) is 10.1. The van der Waals surface area contributed by atoms with E-state index in [9.17, 15) is 14.7 Å².